The smallest absolute Gasteiger partial charge is 0.219 e. The summed E-state index contributed by atoms with van der Waals surface area (Å²) >= 11 is 0. The SMILES string of the molecule is CCC(=O)C(O)(C(C)=O)C(O)(CO)C(C)=O. The monoisotopic (exact) mass is 232 g/mol. The van der Waals surface area contributed by atoms with Gasteiger partial charge in [0.25, 0.3) is 0 Å². The average Bonchev–Trinajstić information content (AvgIpc) is 2.24. The lowest BCUT2D eigenvalue weighted by Gasteiger charge is -2.37. The van der Waals surface area contributed by atoms with Gasteiger partial charge < -0.3 is 15.3 Å². The Bertz CT molecular complexity index is 323. The van der Waals surface area contributed by atoms with Gasteiger partial charge in [-0.3, -0.25) is 14.4 Å². The van der Waals surface area contributed by atoms with Crippen LogP contribution < -0.4 is 0 Å². The van der Waals surface area contributed by atoms with Crippen molar-refractivity contribution in [1.29, 1.82) is 0 Å². The molecule has 0 aromatic carbocycles. The summed E-state index contributed by atoms with van der Waals surface area (Å²) in [5, 5.41) is 28.7. The summed E-state index contributed by atoms with van der Waals surface area (Å²) in [7, 11) is 0. The third-order valence-corrected chi connectivity index (χ3v) is 2.64. The van der Waals surface area contributed by atoms with E-state index < -0.39 is 35.2 Å². The Hall–Kier alpha value is -1.11. The molecule has 0 bridgehead atoms. The first-order valence-electron chi connectivity index (χ1n) is 4.79. The van der Waals surface area contributed by atoms with Crippen LogP contribution in [0, 0.1) is 0 Å². The van der Waals surface area contributed by atoms with Crippen LogP contribution in [-0.4, -0.2) is 50.5 Å². The molecule has 0 aliphatic rings. The van der Waals surface area contributed by atoms with Crippen LogP contribution in [0.5, 0.6) is 0 Å². The van der Waals surface area contributed by atoms with E-state index in [-0.39, 0.29) is 6.42 Å². The Kier molecular flexibility index (Phi) is 4.48. The van der Waals surface area contributed by atoms with E-state index in [9.17, 15) is 24.6 Å². The molecule has 0 rings (SSSR count). The number of rotatable bonds is 6. The van der Waals surface area contributed by atoms with E-state index >= 15 is 0 Å². The summed E-state index contributed by atoms with van der Waals surface area (Å²) in [6.07, 6.45) is -0.244. The zero-order chi connectivity index (χ0) is 13.1. The molecule has 0 aromatic heterocycles. The van der Waals surface area contributed by atoms with Crippen molar-refractivity contribution >= 4 is 17.3 Å². The lowest BCUT2D eigenvalue weighted by Crippen LogP contribution is -2.68. The first kappa shape index (κ1) is 14.9. The topological polar surface area (TPSA) is 112 Å². The Morgan fingerprint density at radius 2 is 1.50 bits per heavy atom. The van der Waals surface area contributed by atoms with E-state index in [4.69, 9.17) is 5.11 Å². The van der Waals surface area contributed by atoms with Crippen molar-refractivity contribution in [3.63, 3.8) is 0 Å². The molecule has 0 aromatic rings. The van der Waals surface area contributed by atoms with Crippen molar-refractivity contribution in [2.45, 2.75) is 38.4 Å². The fraction of sp³-hybridized carbons (Fsp3) is 0.700. The van der Waals surface area contributed by atoms with Gasteiger partial charge in [0, 0.05) is 6.42 Å². The van der Waals surface area contributed by atoms with Crippen molar-refractivity contribution in [3.8, 4) is 0 Å². The number of aliphatic hydroxyl groups excluding tert-OH is 1. The fourth-order valence-electron chi connectivity index (χ4n) is 1.45. The minimum absolute atomic E-state index is 0.244. The highest BCUT2D eigenvalue weighted by Gasteiger charge is 2.60. The highest BCUT2D eigenvalue weighted by molar-refractivity contribution is 6.15. The highest BCUT2D eigenvalue weighted by Crippen LogP contribution is 2.27. The van der Waals surface area contributed by atoms with Crippen molar-refractivity contribution in [1.82, 2.24) is 0 Å². The second-order valence-corrected chi connectivity index (χ2v) is 3.62. The van der Waals surface area contributed by atoms with Crippen LogP contribution in [0.15, 0.2) is 0 Å². The molecule has 0 fully saturated rings. The van der Waals surface area contributed by atoms with Crippen LogP contribution in [-0.2, 0) is 14.4 Å². The van der Waals surface area contributed by atoms with Crippen LogP contribution in [0.3, 0.4) is 0 Å². The van der Waals surface area contributed by atoms with Crippen LogP contribution in [0.2, 0.25) is 0 Å². The summed E-state index contributed by atoms with van der Waals surface area (Å²) in [6, 6.07) is 0. The zero-order valence-electron chi connectivity index (χ0n) is 9.48. The van der Waals surface area contributed by atoms with Gasteiger partial charge in [0.05, 0.1) is 6.61 Å². The second-order valence-electron chi connectivity index (χ2n) is 3.62. The van der Waals surface area contributed by atoms with E-state index in [0.29, 0.717) is 0 Å². The highest BCUT2D eigenvalue weighted by atomic mass is 16.4. The maximum Gasteiger partial charge on any atom is 0.219 e. The number of hydrogen-bond donors (Lipinski definition) is 3. The summed E-state index contributed by atoms with van der Waals surface area (Å²) in [4.78, 5) is 34.0. The molecular formula is C10H16O6. The standard InChI is InChI=1S/C10H16O6/c1-4-8(14)10(16,7(3)13)9(15,5-11)6(2)12/h11,15-16H,4-5H2,1-3H3. The fourth-order valence-corrected chi connectivity index (χ4v) is 1.45. The molecule has 0 saturated heterocycles. The van der Waals surface area contributed by atoms with Crippen molar-refractivity contribution in [3.05, 3.63) is 0 Å². The van der Waals surface area contributed by atoms with Crippen molar-refractivity contribution in [2.24, 2.45) is 0 Å². The van der Waals surface area contributed by atoms with Gasteiger partial charge in [0.1, 0.15) is 0 Å². The molecule has 0 heterocycles. The normalized spacial score (nSPS) is 18.4. The third kappa shape index (κ3) is 1.91. The van der Waals surface area contributed by atoms with Crippen molar-refractivity contribution < 1.29 is 29.7 Å². The average molecular weight is 232 g/mol. The summed E-state index contributed by atoms with van der Waals surface area (Å²) in [5.74, 6) is -3.13. The number of carbonyl (C=O) groups is 3. The number of aliphatic hydroxyl groups is 3. The lowest BCUT2D eigenvalue weighted by atomic mass is 9.74. The molecule has 0 aliphatic carbocycles. The van der Waals surface area contributed by atoms with E-state index in [1.807, 2.05) is 0 Å². The first-order valence-corrected chi connectivity index (χ1v) is 4.79. The Labute approximate surface area is 92.9 Å². The summed E-state index contributed by atoms with van der Waals surface area (Å²) in [6.45, 7) is 1.92. The largest absolute Gasteiger partial charge is 0.393 e. The summed E-state index contributed by atoms with van der Waals surface area (Å²) in [5.41, 5.74) is -5.67. The molecule has 2 atom stereocenters. The quantitative estimate of drug-likeness (QED) is 0.485. The minimum Gasteiger partial charge on any atom is -0.393 e. The van der Waals surface area contributed by atoms with Gasteiger partial charge in [-0.1, -0.05) is 6.92 Å². The predicted octanol–water partition coefficient (Wildman–Crippen LogP) is -1.40. The van der Waals surface area contributed by atoms with Crippen LogP contribution in [0.1, 0.15) is 27.2 Å². The van der Waals surface area contributed by atoms with E-state index in [0.717, 1.165) is 13.8 Å². The number of ketones is 3. The van der Waals surface area contributed by atoms with Crippen LogP contribution >= 0.6 is 0 Å². The third-order valence-electron chi connectivity index (χ3n) is 2.64. The number of carbonyl (C=O) groups excluding carboxylic acids is 3. The first-order chi connectivity index (χ1) is 7.18. The van der Waals surface area contributed by atoms with Gasteiger partial charge in [0.2, 0.25) is 5.60 Å². The maximum atomic E-state index is 11.5. The van der Waals surface area contributed by atoms with Crippen molar-refractivity contribution in [2.75, 3.05) is 6.61 Å². The molecule has 0 spiro atoms. The number of Topliss-reactive ketones (excluding diaryl/α,β-unsaturated/α-hetero) is 3. The molecule has 3 N–H and O–H groups in total. The van der Waals surface area contributed by atoms with Crippen LogP contribution in [0.25, 0.3) is 0 Å². The molecule has 16 heavy (non-hydrogen) atoms. The molecule has 6 heteroatoms. The van der Waals surface area contributed by atoms with Gasteiger partial charge in [0.15, 0.2) is 23.0 Å². The van der Waals surface area contributed by atoms with Gasteiger partial charge in [-0.25, -0.2) is 0 Å². The molecule has 0 saturated carbocycles. The molecule has 0 radical (unpaired) electrons. The van der Waals surface area contributed by atoms with Gasteiger partial charge in [-0.05, 0) is 13.8 Å². The molecule has 92 valence electrons. The molecule has 6 nitrogen and oxygen atoms in total. The lowest BCUT2D eigenvalue weighted by molar-refractivity contribution is -0.191. The maximum absolute atomic E-state index is 11.5. The molecular weight excluding hydrogens is 216 g/mol. The van der Waals surface area contributed by atoms with E-state index in [1.54, 1.807) is 0 Å². The zero-order valence-corrected chi connectivity index (χ0v) is 9.48. The second kappa shape index (κ2) is 4.82. The Balaban J connectivity index is 5.77. The molecule has 0 aliphatic heterocycles. The Morgan fingerprint density at radius 1 is 1.06 bits per heavy atom. The van der Waals surface area contributed by atoms with E-state index in [2.05, 4.69) is 0 Å². The van der Waals surface area contributed by atoms with E-state index in [1.165, 1.54) is 6.92 Å². The number of hydrogen-bond acceptors (Lipinski definition) is 6. The van der Waals surface area contributed by atoms with Gasteiger partial charge >= 0.3 is 0 Å². The molecule has 0 amide bonds. The van der Waals surface area contributed by atoms with Gasteiger partial charge in [-0.2, -0.15) is 0 Å². The van der Waals surface area contributed by atoms with Crippen LogP contribution in [0.4, 0.5) is 0 Å². The summed E-state index contributed by atoms with van der Waals surface area (Å²) < 4.78 is 0. The predicted molar refractivity (Wildman–Crippen MR) is 53.6 cm³/mol. The Morgan fingerprint density at radius 3 is 1.69 bits per heavy atom. The minimum atomic E-state index is -2.89. The van der Waals surface area contributed by atoms with Gasteiger partial charge in [-0.15, -0.1) is 0 Å². The molecule has 2 unspecified atom stereocenters.